The zero-order chi connectivity index (χ0) is 20.3. The number of halogens is 1. The largest absolute Gasteiger partial charge is 0.467 e. The number of anilines is 1. The van der Waals surface area contributed by atoms with Gasteiger partial charge in [-0.3, -0.25) is 19.8 Å². The number of ether oxygens (including phenoxy) is 2. The summed E-state index contributed by atoms with van der Waals surface area (Å²) in [6.07, 6.45) is 0. The van der Waals surface area contributed by atoms with Crippen LogP contribution in [0, 0.1) is 17.0 Å². The highest BCUT2D eigenvalue weighted by Crippen LogP contribution is 2.33. The van der Waals surface area contributed by atoms with Crippen LogP contribution in [0.3, 0.4) is 0 Å². The van der Waals surface area contributed by atoms with Gasteiger partial charge in [0.05, 0.1) is 18.1 Å². The van der Waals surface area contributed by atoms with Crippen LogP contribution >= 0.6 is 15.9 Å². The molecule has 0 saturated carbocycles. The maximum absolute atomic E-state index is 12.4. The van der Waals surface area contributed by atoms with Crippen molar-refractivity contribution in [3.8, 4) is 5.75 Å². The van der Waals surface area contributed by atoms with E-state index in [2.05, 4.69) is 21.2 Å². The van der Waals surface area contributed by atoms with Crippen molar-refractivity contribution in [2.75, 3.05) is 25.7 Å². The molecule has 0 saturated heterocycles. The molecule has 1 amide bonds. The molecule has 148 valence electrons. The lowest BCUT2D eigenvalue weighted by molar-refractivity contribution is -0.385. The van der Waals surface area contributed by atoms with Crippen molar-refractivity contribution in [2.24, 2.45) is 0 Å². The molecular formula is C19H20BrN3O5. The van der Waals surface area contributed by atoms with Crippen molar-refractivity contribution in [3.63, 3.8) is 0 Å². The Morgan fingerprint density at radius 1 is 1.36 bits per heavy atom. The molecule has 0 radical (unpaired) electrons. The van der Waals surface area contributed by atoms with Gasteiger partial charge in [0, 0.05) is 40.0 Å². The summed E-state index contributed by atoms with van der Waals surface area (Å²) < 4.78 is 11.7. The van der Waals surface area contributed by atoms with Crippen LogP contribution in [0.15, 0.2) is 34.8 Å². The van der Waals surface area contributed by atoms with Gasteiger partial charge in [0.25, 0.3) is 5.69 Å². The summed E-state index contributed by atoms with van der Waals surface area (Å²) in [7, 11) is 1.78. The lowest BCUT2D eigenvalue weighted by Gasteiger charge is -2.23. The molecule has 2 aromatic carbocycles. The Hall–Kier alpha value is -2.49. The standard InChI is InChI=1S/C19H20BrN3O5/c1-12-5-15(20)3-4-17(12)21-18(24)9-22(2)8-13-6-16(23(25)26)7-14-10-27-11-28-19(13)14/h3-7H,8-11H2,1-2H3,(H,21,24). The number of carbonyl (C=O) groups excluding carboxylic acids is 1. The minimum Gasteiger partial charge on any atom is -0.467 e. The number of likely N-dealkylation sites (N-methyl/N-ethyl adjacent to an activating group) is 1. The van der Waals surface area contributed by atoms with Crippen molar-refractivity contribution < 1.29 is 19.2 Å². The van der Waals surface area contributed by atoms with Crippen molar-refractivity contribution in [3.05, 3.63) is 61.6 Å². The minimum absolute atomic E-state index is 0.0220. The van der Waals surface area contributed by atoms with E-state index in [1.54, 1.807) is 11.9 Å². The monoisotopic (exact) mass is 449 g/mol. The number of nitrogens with one attached hydrogen (secondary N) is 1. The molecule has 0 aromatic heterocycles. The molecule has 0 bridgehead atoms. The zero-order valence-corrected chi connectivity index (χ0v) is 17.1. The summed E-state index contributed by atoms with van der Waals surface area (Å²) >= 11 is 3.40. The highest BCUT2D eigenvalue weighted by Gasteiger charge is 2.22. The molecule has 0 fully saturated rings. The molecule has 8 nitrogen and oxygen atoms in total. The summed E-state index contributed by atoms with van der Waals surface area (Å²) in [6, 6.07) is 8.57. The van der Waals surface area contributed by atoms with Gasteiger partial charge in [-0.15, -0.1) is 0 Å². The highest BCUT2D eigenvalue weighted by atomic mass is 79.9. The number of non-ortho nitro benzene ring substituents is 1. The van der Waals surface area contributed by atoms with Gasteiger partial charge >= 0.3 is 0 Å². The molecule has 9 heteroatoms. The number of fused-ring (bicyclic) bond motifs is 1. The third-order valence-corrected chi connectivity index (χ3v) is 4.79. The molecule has 1 N–H and O–H groups in total. The van der Waals surface area contributed by atoms with Crippen LogP contribution in [0.25, 0.3) is 0 Å². The quantitative estimate of drug-likeness (QED) is 0.534. The fourth-order valence-electron chi connectivity index (χ4n) is 3.05. The number of nitrogens with zero attached hydrogens (tertiary/aromatic N) is 2. The molecule has 1 heterocycles. The number of amides is 1. The molecule has 0 unspecified atom stereocenters. The van der Waals surface area contributed by atoms with E-state index in [0.717, 1.165) is 15.7 Å². The number of benzene rings is 2. The van der Waals surface area contributed by atoms with Gasteiger partial charge in [0.15, 0.2) is 6.79 Å². The normalized spacial score (nSPS) is 13.0. The van der Waals surface area contributed by atoms with Crippen molar-refractivity contribution >= 4 is 33.2 Å². The summed E-state index contributed by atoms with van der Waals surface area (Å²) in [5, 5.41) is 14.1. The van der Waals surface area contributed by atoms with E-state index in [0.29, 0.717) is 23.4 Å². The Balaban J connectivity index is 1.70. The number of nitro groups is 1. The van der Waals surface area contributed by atoms with E-state index in [4.69, 9.17) is 9.47 Å². The Morgan fingerprint density at radius 2 is 2.14 bits per heavy atom. The first kappa shape index (κ1) is 20.2. The Kier molecular flexibility index (Phi) is 6.28. The van der Waals surface area contributed by atoms with Crippen LogP contribution in [0.1, 0.15) is 16.7 Å². The smallest absolute Gasteiger partial charge is 0.270 e. The van der Waals surface area contributed by atoms with E-state index in [1.165, 1.54) is 12.1 Å². The highest BCUT2D eigenvalue weighted by molar-refractivity contribution is 9.10. The molecule has 1 aliphatic rings. The Labute approximate surface area is 170 Å². The van der Waals surface area contributed by atoms with Gasteiger partial charge in [0.1, 0.15) is 5.75 Å². The van der Waals surface area contributed by atoms with Crippen molar-refractivity contribution in [2.45, 2.75) is 20.1 Å². The number of aryl methyl sites for hydroxylation is 1. The zero-order valence-electron chi connectivity index (χ0n) is 15.5. The SMILES string of the molecule is Cc1cc(Br)ccc1NC(=O)CN(C)Cc1cc([N+](=O)[O-])cc2c1OCOC2. The molecule has 0 aliphatic carbocycles. The second-order valence-electron chi connectivity index (χ2n) is 6.64. The lowest BCUT2D eigenvalue weighted by Crippen LogP contribution is -2.30. The lowest BCUT2D eigenvalue weighted by atomic mass is 10.1. The molecule has 3 rings (SSSR count). The van der Waals surface area contributed by atoms with Crippen molar-refractivity contribution in [1.29, 1.82) is 0 Å². The van der Waals surface area contributed by atoms with E-state index in [-0.39, 0.29) is 31.5 Å². The molecular weight excluding hydrogens is 430 g/mol. The van der Waals surface area contributed by atoms with Crippen LogP contribution in [0.2, 0.25) is 0 Å². The summed E-state index contributed by atoms with van der Waals surface area (Å²) in [6.45, 7) is 2.74. The topological polar surface area (TPSA) is 93.9 Å². The van der Waals surface area contributed by atoms with Gasteiger partial charge < -0.3 is 14.8 Å². The number of hydrogen-bond acceptors (Lipinski definition) is 6. The van der Waals surface area contributed by atoms with Gasteiger partial charge in [0.2, 0.25) is 5.91 Å². The van der Waals surface area contributed by atoms with Crippen LogP contribution in [0.5, 0.6) is 5.75 Å². The second kappa shape index (κ2) is 8.68. The molecule has 2 aromatic rings. The van der Waals surface area contributed by atoms with Gasteiger partial charge in [-0.05, 0) is 37.7 Å². The van der Waals surface area contributed by atoms with E-state index in [9.17, 15) is 14.9 Å². The molecule has 1 aliphatic heterocycles. The maximum atomic E-state index is 12.4. The molecule has 0 atom stereocenters. The van der Waals surface area contributed by atoms with Crippen LogP contribution in [-0.4, -0.2) is 36.1 Å². The Bertz CT molecular complexity index is 919. The first-order valence-corrected chi connectivity index (χ1v) is 9.38. The van der Waals surface area contributed by atoms with Crippen molar-refractivity contribution in [1.82, 2.24) is 4.90 Å². The number of hydrogen-bond donors (Lipinski definition) is 1. The number of carbonyl (C=O) groups is 1. The minimum atomic E-state index is -0.443. The molecule has 28 heavy (non-hydrogen) atoms. The first-order valence-electron chi connectivity index (χ1n) is 8.59. The van der Waals surface area contributed by atoms with Crippen LogP contribution < -0.4 is 10.1 Å². The maximum Gasteiger partial charge on any atom is 0.270 e. The van der Waals surface area contributed by atoms with E-state index >= 15 is 0 Å². The number of nitro benzene ring substituents is 1. The summed E-state index contributed by atoms with van der Waals surface area (Å²) in [5.74, 6) is 0.421. The average Bonchev–Trinajstić information content (AvgIpc) is 2.63. The third kappa shape index (κ3) is 4.86. The fourth-order valence-corrected chi connectivity index (χ4v) is 3.53. The van der Waals surface area contributed by atoms with E-state index < -0.39 is 4.92 Å². The second-order valence-corrected chi connectivity index (χ2v) is 7.56. The van der Waals surface area contributed by atoms with Gasteiger partial charge in [-0.1, -0.05) is 15.9 Å². The number of rotatable bonds is 6. The molecule has 0 spiro atoms. The third-order valence-electron chi connectivity index (χ3n) is 4.30. The van der Waals surface area contributed by atoms with Gasteiger partial charge in [-0.2, -0.15) is 0 Å². The first-order chi connectivity index (χ1) is 13.3. The van der Waals surface area contributed by atoms with Crippen LogP contribution in [0.4, 0.5) is 11.4 Å². The van der Waals surface area contributed by atoms with Gasteiger partial charge in [-0.25, -0.2) is 0 Å². The summed E-state index contributed by atoms with van der Waals surface area (Å²) in [4.78, 5) is 24.9. The van der Waals surface area contributed by atoms with Crippen LogP contribution in [-0.2, 0) is 22.7 Å². The predicted octanol–water partition coefficient (Wildman–Crippen LogP) is 3.60. The summed E-state index contributed by atoms with van der Waals surface area (Å²) in [5.41, 5.74) is 2.97. The fraction of sp³-hybridized carbons (Fsp3) is 0.316. The predicted molar refractivity (Wildman–Crippen MR) is 107 cm³/mol. The Morgan fingerprint density at radius 3 is 2.86 bits per heavy atom. The average molecular weight is 450 g/mol. The van der Waals surface area contributed by atoms with E-state index in [1.807, 2.05) is 25.1 Å².